The van der Waals surface area contributed by atoms with Crippen LogP contribution in [0.2, 0.25) is 0 Å². The summed E-state index contributed by atoms with van der Waals surface area (Å²) in [4.78, 5) is 15.5. The number of carbonyl (C=O) groups excluding carboxylic acids is 1. The number of rotatable bonds is 8. The number of methoxy groups -OCH3 is 1. The molecule has 1 amide bonds. The fourth-order valence-electron chi connectivity index (χ4n) is 3.85. The zero-order valence-corrected chi connectivity index (χ0v) is 19.1. The molecule has 4 aromatic rings. The predicted molar refractivity (Wildman–Crippen MR) is 131 cm³/mol. The largest absolute Gasteiger partial charge is 0.496 e. The number of hydrogen-bond donors (Lipinski definition) is 1. The van der Waals surface area contributed by atoms with Gasteiger partial charge in [-0.2, -0.15) is 5.10 Å². The van der Waals surface area contributed by atoms with Crippen LogP contribution in [-0.4, -0.2) is 48.3 Å². The SMILES string of the molecule is COc1ccccc1-c1nn(-c2ccccc2)cc1C(=O)NC[C@@H](c1ccccc1)N(C)C. The molecule has 3 aromatic carbocycles. The first-order valence-corrected chi connectivity index (χ1v) is 10.9. The highest BCUT2D eigenvalue weighted by Gasteiger charge is 2.22. The van der Waals surface area contributed by atoms with Crippen molar-refractivity contribution in [2.24, 2.45) is 0 Å². The van der Waals surface area contributed by atoms with Crippen LogP contribution in [0.15, 0.2) is 91.1 Å². The molecule has 0 saturated heterocycles. The van der Waals surface area contributed by atoms with Gasteiger partial charge in [-0.25, -0.2) is 4.68 Å². The van der Waals surface area contributed by atoms with Crippen molar-refractivity contribution in [1.82, 2.24) is 20.0 Å². The topological polar surface area (TPSA) is 59.4 Å². The van der Waals surface area contributed by atoms with Crippen molar-refractivity contribution in [2.45, 2.75) is 6.04 Å². The van der Waals surface area contributed by atoms with Crippen LogP contribution in [0.5, 0.6) is 5.75 Å². The molecule has 0 unspecified atom stereocenters. The summed E-state index contributed by atoms with van der Waals surface area (Å²) in [6.45, 7) is 0.470. The van der Waals surface area contributed by atoms with E-state index in [2.05, 4.69) is 22.3 Å². The van der Waals surface area contributed by atoms with E-state index in [0.717, 1.165) is 16.8 Å². The van der Waals surface area contributed by atoms with Crippen molar-refractivity contribution in [2.75, 3.05) is 27.7 Å². The Morgan fingerprint density at radius 3 is 2.27 bits per heavy atom. The molecule has 4 rings (SSSR count). The lowest BCUT2D eigenvalue weighted by Crippen LogP contribution is -2.34. The second-order valence-corrected chi connectivity index (χ2v) is 7.97. The molecular formula is C27H28N4O2. The van der Waals surface area contributed by atoms with Crippen LogP contribution in [0.1, 0.15) is 22.0 Å². The first-order valence-electron chi connectivity index (χ1n) is 10.9. The zero-order valence-electron chi connectivity index (χ0n) is 19.1. The highest BCUT2D eigenvalue weighted by molar-refractivity contribution is 6.00. The Morgan fingerprint density at radius 2 is 1.61 bits per heavy atom. The van der Waals surface area contributed by atoms with Gasteiger partial charge in [0, 0.05) is 18.3 Å². The Kier molecular flexibility index (Phi) is 6.86. The molecule has 0 aliphatic carbocycles. The predicted octanol–water partition coefficient (Wildman–Crippen LogP) is 4.58. The molecule has 0 radical (unpaired) electrons. The number of benzene rings is 3. The number of nitrogens with one attached hydrogen (secondary N) is 1. The number of likely N-dealkylation sites (N-methyl/N-ethyl adjacent to an activating group) is 1. The summed E-state index contributed by atoms with van der Waals surface area (Å²) in [5.74, 6) is 0.487. The van der Waals surface area contributed by atoms with Gasteiger partial charge in [0.2, 0.25) is 0 Å². The highest BCUT2D eigenvalue weighted by atomic mass is 16.5. The van der Waals surface area contributed by atoms with Crippen LogP contribution in [-0.2, 0) is 0 Å². The lowest BCUT2D eigenvalue weighted by Gasteiger charge is -2.25. The number of hydrogen-bond acceptors (Lipinski definition) is 4. The third-order valence-electron chi connectivity index (χ3n) is 5.61. The standard InChI is InChI=1S/C27H28N4O2/c1-30(2)24(20-12-6-4-7-13-20)18-28-27(32)23-19-31(21-14-8-5-9-15-21)29-26(23)22-16-10-11-17-25(22)33-3/h4-17,19,24H,18H2,1-3H3,(H,28,32)/t24-/m0/s1. The number of amides is 1. The average Bonchev–Trinajstić information content (AvgIpc) is 3.30. The molecule has 0 aliphatic heterocycles. The molecule has 0 saturated carbocycles. The maximum Gasteiger partial charge on any atom is 0.255 e. The number of para-hydroxylation sites is 2. The molecule has 0 fully saturated rings. The van der Waals surface area contributed by atoms with E-state index in [1.165, 1.54) is 0 Å². The monoisotopic (exact) mass is 440 g/mol. The molecule has 33 heavy (non-hydrogen) atoms. The molecule has 0 aliphatic rings. The van der Waals surface area contributed by atoms with Gasteiger partial charge >= 0.3 is 0 Å². The van der Waals surface area contributed by atoms with Crippen molar-refractivity contribution >= 4 is 5.91 Å². The summed E-state index contributed by atoms with van der Waals surface area (Å²) in [5, 5.41) is 7.88. The van der Waals surface area contributed by atoms with Crippen molar-refractivity contribution in [3.8, 4) is 22.7 Å². The van der Waals surface area contributed by atoms with E-state index in [9.17, 15) is 4.79 Å². The molecule has 6 nitrogen and oxygen atoms in total. The Bertz CT molecular complexity index is 1200. The molecule has 1 atom stereocenters. The van der Waals surface area contributed by atoms with E-state index in [0.29, 0.717) is 23.6 Å². The van der Waals surface area contributed by atoms with Gasteiger partial charge in [0.15, 0.2) is 0 Å². The first-order chi connectivity index (χ1) is 16.1. The second kappa shape index (κ2) is 10.1. The van der Waals surface area contributed by atoms with Crippen molar-refractivity contribution in [3.05, 3.63) is 102 Å². The maximum atomic E-state index is 13.4. The lowest BCUT2D eigenvalue weighted by atomic mass is 10.0. The van der Waals surface area contributed by atoms with E-state index >= 15 is 0 Å². The van der Waals surface area contributed by atoms with Gasteiger partial charge in [-0.3, -0.25) is 4.79 Å². The number of nitrogens with zero attached hydrogens (tertiary/aromatic N) is 3. The Hall–Kier alpha value is -3.90. The van der Waals surface area contributed by atoms with Crippen LogP contribution in [0.25, 0.3) is 16.9 Å². The van der Waals surface area contributed by atoms with Crippen LogP contribution in [0, 0.1) is 0 Å². The van der Waals surface area contributed by atoms with Crippen LogP contribution in [0.4, 0.5) is 0 Å². The van der Waals surface area contributed by atoms with E-state index in [1.54, 1.807) is 18.0 Å². The number of ether oxygens (including phenoxy) is 1. The molecule has 6 heteroatoms. The van der Waals surface area contributed by atoms with Gasteiger partial charge in [0.05, 0.1) is 24.4 Å². The molecule has 0 bridgehead atoms. The van der Waals surface area contributed by atoms with Gasteiger partial charge in [-0.15, -0.1) is 0 Å². The lowest BCUT2D eigenvalue weighted by molar-refractivity contribution is 0.0942. The Morgan fingerprint density at radius 1 is 0.970 bits per heavy atom. The van der Waals surface area contributed by atoms with Gasteiger partial charge < -0.3 is 15.0 Å². The summed E-state index contributed by atoms with van der Waals surface area (Å²) in [6.07, 6.45) is 1.78. The van der Waals surface area contributed by atoms with Gasteiger partial charge in [-0.1, -0.05) is 60.7 Å². The molecule has 1 heterocycles. The van der Waals surface area contributed by atoms with Gasteiger partial charge in [0.1, 0.15) is 11.4 Å². The van der Waals surface area contributed by atoms with Gasteiger partial charge in [0.25, 0.3) is 5.91 Å². The van der Waals surface area contributed by atoms with Crippen LogP contribution < -0.4 is 10.1 Å². The maximum absolute atomic E-state index is 13.4. The minimum atomic E-state index is -0.180. The van der Waals surface area contributed by atoms with E-state index in [-0.39, 0.29) is 11.9 Å². The first kappa shape index (κ1) is 22.3. The van der Waals surface area contributed by atoms with Crippen molar-refractivity contribution < 1.29 is 9.53 Å². The minimum Gasteiger partial charge on any atom is -0.496 e. The summed E-state index contributed by atoms with van der Waals surface area (Å²) in [5.41, 5.74) is 3.87. The van der Waals surface area contributed by atoms with Crippen LogP contribution >= 0.6 is 0 Å². The summed E-state index contributed by atoms with van der Waals surface area (Å²) < 4.78 is 7.28. The third-order valence-corrected chi connectivity index (χ3v) is 5.61. The highest BCUT2D eigenvalue weighted by Crippen LogP contribution is 2.32. The smallest absolute Gasteiger partial charge is 0.255 e. The Labute approximate surface area is 194 Å². The number of carbonyl (C=O) groups is 1. The van der Waals surface area contributed by atoms with E-state index in [4.69, 9.17) is 9.84 Å². The molecule has 0 spiro atoms. The molecule has 168 valence electrons. The van der Waals surface area contributed by atoms with E-state index in [1.807, 2.05) is 86.9 Å². The minimum absolute atomic E-state index is 0.0500. The van der Waals surface area contributed by atoms with Gasteiger partial charge in [-0.05, 0) is 43.9 Å². The zero-order chi connectivity index (χ0) is 23.2. The Balaban J connectivity index is 1.68. The molecule has 1 aromatic heterocycles. The third kappa shape index (κ3) is 4.96. The second-order valence-electron chi connectivity index (χ2n) is 7.97. The summed E-state index contributed by atoms with van der Waals surface area (Å²) in [6, 6.07) is 27.6. The fourth-order valence-corrected chi connectivity index (χ4v) is 3.85. The number of aromatic nitrogens is 2. The van der Waals surface area contributed by atoms with Crippen LogP contribution in [0.3, 0.4) is 0 Å². The average molecular weight is 441 g/mol. The summed E-state index contributed by atoms with van der Waals surface area (Å²) in [7, 11) is 5.64. The van der Waals surface area contributed by atoms with Crippen molar-refractivity contribution in [3.63, 3.8) is 0 Å². The molecular weight excluding hydrogens is 412 g/mol. The normalized spacial score (nSPS) is 11.9. The van der Waals surface area contributed by atoms with Crippen molar-refractivity contribution in [1.29, 1.82) is 0 Å². The quantitative estimate of drug-likeness (QED) is 0.436. The molecule has 1 N–H and O–H groups in total. The summed E-state index contributed by atoms with van der Waals surface area (Å²) >= 11 is 0. The fraction of sp³-hybridized carbons (Fsp3) is 0.185. The van der Waals surface area contributed by atoms with E-state index < -0.39 is 0 Å².